The highest BCUT2D eigenvalue weighted by Gasteiger charge is 2.08. The maximum Gasteiger partial charge on any atom is 0.146 e. The van der Waals surface area contributed by atoms with Gasteiger partial charge >= 0.3 is 0 Å². The van der Waals surface area contributed by atoms with Crippen LogP contribution in [0.2, 0.25) is 10.0 Å². The van der Waals surface area contributed by atoms with Crippen molar-refractivity contribution in [3.05, 3.63) is 57.8 Å². The number of halogens is 3. The molecule has 0 fully saturated rings. The van der Waals surface area contributed by atoms with Gasteiger partial charge in [0.1, 0.15) is 22.3 Å². The standard InChI is InChI=1S/C13H8Cl2FNOS/c14-9-3-2-8(6-11(9)16)18-12-4-1-7(13(17)19)5-10(12)15/h1-6H,(H2,17,19). The Hall–Kier alpha value is -1.36. The summed E-state index contributed by atoms with van der Waals surface area (Å²) in [6.45, 7) is 0. The molecule has 0 aliphatic rings. The van der Waals surface area contributed by atoms with Gasteiger partial charge in [0.25, 0.3) is 0 Å². The van der Waals surface area contributed by atoms with Crippen molar-refractivity contribution in [2.24, 2.45) is 5.73 Å². The lowest BCUT2D eigenvalue weighted by atomic mass is 10.2. The highest BCUT2D eigenvalue weighted by molar-refractivity contribution is 7.80. The molecule has 6 heteroatoms. The first kappa shape index (κ1) is 14.1. The van der Waals surface area contributed by atoms with Crippen molar-refractivity contribution in [2.75, 3.05) is 0 Å². The summed E-state index contributed by atoms with van der Waals surface area (Å²) in [4.78, 5) is 0.242. The van der Waals surface area contributed by atoms with E-state index in [0.717, 1.165) is 0 Å². The van der Waals surface area contributed by atoms with Gasteiger partial charge in [0.15, 0.2) is 0 Å². The van der Waals surface area contributed by atoms with Crippen LogP contribution in [0, 0.1) is 5.82 Å². The van der Waals surface area contributed by atoms with E-state index >= 15 is 0 Å². The van der Waals surface area contributed by atoms with Crippen LogP contribution in [0.25, 0.3) is 0 Å². The summed E-state index contributed by atoms with van der Waals surface area (Å²) < 4.78 is 18.7. The maximum absolute atomic E-state index is 13.3. The molecular formula is C13H8Cl2FNOS. The number of hydrogen-bond donors (Lipinski definition) is 1. The van der Waals surface area contributed by atoms with Crippen molar-refractivity contribution in [1.82, 2.24) is 0 Å². The van der Waals surface area contributed by atoms with E-state index in [2.05, 4.69) is 0 Å². The van der Waals surface area contributed by atoms with E-state index in [1.807, 2.05) is 0 Å². The number of rotatable bonds is 3. The average Bonchev–Trinajstić information content (AvgIpc) is 2.36. The molecule has 2 N–H and O–H groups in total. The van der Waals surface area contributed by atoms with Gasteiger partial charge < -0.3 is 10.5 Å². The molecule has 0 aromatic heterocycles. The first-order chi connectivity index (χ1) is 8.97. The zero-order valence-electron chi connectivity index (χ0n) is 9.49. The summed E-state index contributed by atoms with van der Waals surface area (Å²) in [6.07, 6.45) is 0. The van der Waals surface area contributed by atoms with Crippen LogP contribution in [0.15, 0.2) is 36.4 Å². The Labute approximate surface area is 124 Å². The third-order valence-electron chi connectivity index (χ3n) is 2.34. The van der Waals surface area contributed by atoms with Crippen LogP contribution < -0.4 is 10.5 Å². The zero-order chi connectivity index (χ0) is 14.0. The Morgan fingerprint density at radius 1 is 1.11 bits per heavy atom. The van der Waals surface area contributed by atoms with Gasteiger partial charge in [-0.15, -0.1) is 0 Å². The quantitative estimate of drug-likeness (QED) is 0.843. The lowest BCUT2D eigenvalue weighted by Crippen LogP contribution is -2.08. The highest BCUT2D eigenvalue weighted by atomic mass is 35.5. The molecule has 19 heavy (non-hydrogen) atoms. The molecule has 0 spiro atoms. The first-order valence-corrected chi connectivity index (χ1v) is 6.36. The molecule has 0 unspecified atom stereocenters. The third kappa shape index (κ3) is 3.35. The molecule has 0 heterocycles. The molecule has 98 valence electrons. The molecule has 0 atom stereocenters. The predicted molar refractivity (Wildman–Crippen MR) is 78.8 cm³/mol. The van der Waals surface area contributed by atoms with E-state index in [1.165, 1.54) is 12.1 Å². The molecular weight excluding hydrogens is 308 g/mol. The van der Waals surface area contributed by atoms with Crippen molar-refractivity contribution < 1.29 is 9.13 Å². The molecule has 0 aliphatic heterocycles. The minimum absolute atomic E-state index is 0.0299. The molecule has 0 aliphatic carbocycles. The fourth-order valence-corrected chi connectivity index (χ4v) is 1.87. The number of nitrogens with two attached hydrogens (primary N) is 1. The molecule has 0 saturated heterocycles. The van der Waals surface area contributed by atoms with Crippen molar-refractivity contribution in [3.63, 3.8) is 0 Å². The number of ether oxygens (including phenoxy) is 1. The summed E-state index contributed by atoms with van der Waals surface area (Å²) in [5.41, 5.74) is 6.12. The van der Waals surface area contributed by atoms with Gasteiger partial charge in [0, 0.05) is 11.6 Å². The van der Waals surface area contributed by atoms with Crippen LogP contribution in [-0.2, 0) is 0 Å². The number of hydrogen-bond acceptors (Lipinski definition) is 2. The van der Waals surface area contributed by atoms with Gasteiger partial charge in [-0.25, -0.2) is 4.39 Å². The second-order valence-corrected chi connectivity index (χ2v) is 4.94. The first-order valence-electron chi connectivity index (χ1n) is 5.19. The van der Waals surface area contributed by atoms with Crippen molar-refractivity contribution in [3.8, 4) is 11.5 Å². The largest absolute Gasteiger partial charge is 0.456 e. The smallest absolute Gasteiger partial charge is 0.146 e. The Bertz CT molecular complexity index is 649. The molecule has 2 aromatic rings. The number of thiocarbonyl (C=S) groups is 1. The molecule has 0 bridgehead atoms. The molecule has 2 rings (SSSR count). The third-order valence-corrected chi connectivity index (χ3v) is 3.17. The Morgan fingerprint density at radius 2 is 1.84 bits per heavy atom. The monoisotopic (exact) mass is 315 g/mol. The van der Waals surface area contributed by atoms with E-state index in [0.29, 0.717) is 22.1 Å². The summed E-state index contributed by atoms with van der Waals surface area (Å²) in [5, 5.41) is 0.364. The lowest BCUT2D eigenvalue weighted by Gasteiger charge is -2.09. The molecule has 0 radical (unpaired) electrons. The summed E-state index contributed by atoms with van der Waals surface area (Å²) in [7, 11) is 0. The van der Waals surface area contributed by atoms with Gasteiger partial charge in [-0.2, -0.15) is 0 Å². The van der Waals surface area contributed by atoms with Gasteiger partial charge in [-0.3, -0.25) is 0 Å². The van der Waals surface area contributed by atoms with Crippen molar-refractivity contribution in [1.29, 1.82) is 0 Å². The van der Waals surface area contributed by atoms with Crippen LogP contribution in [0.5, 0.6) is 11.5 Å². The zero-order valence-corrected chi connectivity index (χ0v) is 11.8. The van der Waals surface area contributed by atoms with Gasteiger partial charge in [0.2, 0.25) is 0 Å². The van der Waals surface area contributed by atoms with Crippen LogP contribution >= 0.6 is 35.4 Å². The molecule has 0 amide bonds. The minimum atomic E-state index is -0.560. The number of benzene rings is 2. The molecule has 2 aromatic carbocycles. The Kier molecular flexibility index (Phi) is 4.24. The van der Waals surface area contributed by atoms with Crippen molar-refractivity contribution in [2.45, 2.75) is 0 Å². The van der Waals surface area contributed by atoms with Crippen molar-refractivity contribution >= 4 is 40.4 Å². The van der Waals surface area contributed by atoms with E-state index in [4.69, 9.17) is 45.9 Å². The van der Waals surface area contributed by atoms with Crippen LogP contribution in [-0.4, -0.2) is 4.99 Å². The highest BCUT2D eigenvalue weighted by Crippen LogP contribution is 2.31. The van der Waals surface area contributed by atoms with E-state index < -0.39 is 5.82 Å². The second-order valence-electron chi connectivity index (χ2n) is 3.69. The SMILES string of the molecule is NC(=S)c1ccc(Oc2ccc(Cl)c(F)c2)c(Cl)c1. The topological polar surface area (TPSA) is 35.2 Å². The average molecular weight is 316 g/mol. The summed E-state index contributed by atoms with van der Waals surface area (Å²) >= 11 is 16.5. The van der Waals surface area contributed by atoms with Gasteiger partial charge in [-0.05, 0) is 30.3 Å². The molecule has 2 nitrogen and oxygen atoms in total. The van der Waals surface area contributed by atoms with E-state index in [1.54, 1.807) is 24.3 Å². The van der Waals surface area contributed by atoms with Crippen LogP contribution in [0.4, 0.5) is 4.39 Å². The Morgan fingerprint density at radius 3 is 2.42 bits per heavy atom. The van der Waals surface area contributed by atoms with Gasteiger partial charge in [0.05, 0.1) is 10.0 Å². The second kappa shape index (κ2) is 5.74. The van der Waals surface area contributed by atoms with Crippen LogP contribution in [0.3, 0.4) is 0 Å². The van der Waals surface area contributed by atoms with Crippen LogP contribution in [0.1, 0.15) is 5.56 Å². The summed E-state index contributed by atoms with van der Waals surface area (Å²) in [5.74, 6) is 0.116. The van der Waals surface area contributed by atoms with E-state index in [9.17, 15) is 4.39 Å². The lowest BCUT2D eigenvalue weighted by molar-refractivity contribution is 0.477. The van der Waals surface area contributed by atoms with E-state index in [-0.39, 0.29) is 10.0 Å². The fraction of sp³-hybridized carbons (Fsp3) is 0. The molecule has 0 saturated carbocycles. The summed E-state index contributed by atoms with van der Waals surface area (Å²) in [6, 6.07) is 9.01. The van der Waals surface area contributed by atoms with Gasteiger partial charge in [-0.1, -0.05) is 35.4 Å². The maximum atomic E-state index is 13.3. The fourth-order valence-electron chi connectivity index (χ4n) is 1.40. The normalized spacial score (nSPS) is 10.3. The minimum Gasteiger partial charge on any atom is -0.456 e. The Balaban J connectivity index is 2.28. The predicted octanol–water partition coefficient (Wildman–Crippen LogP) is 4.56.